The number of rotatable bonds is 3. The molecule has 1 aromatic rings. The van der Waals surface area contributed by atoms with E-state index >= 15 is 0 Å². The molecule has 0 unspecified atom stereocenters. The quantitative estimate of drug-likeness (QED) is 0.638. The summed E-state index contributed by atoms with van der Waals surface area (Å²) in [6.07, 6.45) is 0.420. The van der Waals surface area contributed by atoms with E-state index < -0.39 is 13.3 Å². The maximum Gasteiger partial charge on any atom is 1.00 e. The molecule has 0 atom stereocenters. The SMILES string of the molecule is N#CCc1ccnc(C[B-](F)(F)F)c1.[K+]. The van der Waals surface area contributed by atoms with Gasteiger partial charge in [-0.2, -0.15) is 5.26 Å². The number of aromatic nitrogens is 1. The van der Waals surface area contributed by atoms with Gasteiger partial charge in [-0.25, -0.2) is 0 Å². The van der Waals surface area contributed by atoms with E-state index in [1.165, 1.54) is 18.3 Å². The molecule has 15 heavy (non-hydrogen) atoms. The molecule has 74 valence electrons. The van der Waals surface area contributed by atoms with Crippen molar-refractivity contribution in [2.24, 2.45) is 0 Å². The summed E-state index contributed by atoms with van der Waals surface area (Å²) >= 11 is 0. The van der Waals surface area contributed by atoms with Crippen molar-refractivity contribution in [1.82, 2.24) is 4.98 Å². The average molecular weight is 238 g/mol. The van der Waals surface area contributed by atoms with Gasteiger partial charge in [0.2, 0.25) is 0 Å². The van der Waals surface area contributed by atoms with Crippen molar-refractivity contribution in [2.45, 2.75) is 12.7 Å². The minimum atomic E-state index is -4.85. The summed E-state index contributed by atoms with van der Waals surface area (Å²) in [5, 5.41) is 8.35. The second-order valence-corrected chi connectivity index (χ2v) is 2.90. The molecule has 1 heterocycles. The number of nitriles is 1. The van der Waals surface area contributed by atoms with Crippen molar-refractivity contribution in [2.75, 3.05) is 0 Å². The first kappa shape index (κ1) is 15.1. The number of nitrogens with zero attached hydrogens (tertiary/aromatic N) is 2. The zero-order valence-electron chi connectivity index (χ0n) is 8.25. The first-order chi connectivity index (χ1) is 6.51. The summed E-state index contributed by atoms with van der Waals surface area (Å²) < 4.78 is 36.0. The van der Waals surface area contributed by atoms with E-state index in [-0.39, 0.29) is 63.5 Å². The first-order valence-corrected chi connectivity index (χ1v) is 4.03. The Morgan fingerprint density at radius 3 is 2.60 bits per heavy atom. The molecule has 1 aromatic heterocycles. The topological polar surface area (TPSA) is 36.7 Å². The van der Waals surface area contributed by atoms with Crippen molar-refractivity contribution in [1.29, 1.82) is 5.26 Å². The molecule has 0 N–H and O–H groups in total. The van der Waals surface area contributed by atoms with Crippen LogP contribution in [0.5, 0.6) is 0 Å². The maximum absolute atomic E-state index is 12.0. The zero-order chi connectivity index (χ0) is 10.6. The van der Waals surface area contributed by atoms with Crippen LogP contribution in [0, 0.1) is 11.3 Å². The Morgan fingerprint density at radius 1 is 1.40 bits per heavy atom. The molecule has 0 fully saturated rings. The fourth-order valence-electron chi connectivity index (χ4n) is 1.08. The van der Waals surface area contributed by atoms with Gasteiger partial charge < -0.3 is 12.9 Å². The third-order valence-electron chi connectivity index (χ3n) is 1.60. The van der Waals surface area contributed by atoms with E-state index in [1.807, 2.05) is 6.07 Å². The van der Waals surface area contributed by atoms with E-state index in [0.717, 1.165) is 0 Å². The van der Waals surface area contributed by atoms with Crippen molar-refractivity contribution in [3.05, 3.63) is 29.6 Å². The van der Waals surface area contributed by atoms with Gasteiger partial charge in [0.1, 0.15) is 0 Å². The molecule has 0 spiro atoms. The normalized spacial score (nSPS) is 10.3. The predicted octanol–water partition coefficient (Wildman–Crippen LogP) is -0.919. The molecular formula is C8H7BF3KN2. The van der Waals surface area contributed by atoms with E-state index in [0.29, 0.717) is 5.56 Å². The van der Waals surface area contributed by atoms with Gasteiger partial charge in [-0.3, -0.25) is 4.98 Å². The van der Waals surface area contributed by atoms with Gasteiger partial charge in [0, 0.05) is 11.9 Å². The Hall–Kier alpha value is 0.131. The van der Waals surface area contributed by atoms with Crippen LogP contribution >= 0.6 is 0 Å². The summed E-state index contributed by atoms with van der Waals surface area (Å²) in [6.45, 7) is -4.85. The van der Waals surface area contributed by atoms with Crippen LogP contribution in [0.4, 0.5) is 12.9 Å². The van der Waals surface area contributed by atoms with Gasteiger partial charge in [0.15, 0.2) is 0 Å². The summed E-state index contributed by atoms with van der Waals surface area (Å²) in [5.74, 6) is 0. The van der Waals surface area contributed by atoms with E-state index in [4.69, 9.17) is 5.26 Å². The van der Waals surface area contributed by atoms with E-state index in [1.54, 1.807) is 0 Å². The Kier molecular flexibility index (Phi) is 6.72. The van der Waals surface area contributed by atoms with Crippen LogP contribution < -0.4 is 51.4 Å². The molecule has 0 aliphatic rings. The van der Waals surface area contributed by atoms with Crippen LogP contribution in [-0.4, -0.2) is 12.0 Å². The van der Waals surface area contributed by atoms with Crippen molar-refractivity contribution in [3.63, 3.8) is 0 Å². The minimum absolute atomic E-state index is 0. The molecule has 0 aliphatic heterocycles. The molecular weight excluding hydrogens is 231 g/mol. The molecule has 7 heteroatoms. The molecule has 0 aromatic carbocycles. The Balaban J connectivity index is 0.00000196. The summed E-state index contributed by atoms with van der Waals surface area (Å²) in [7, 11) is 0. The van der Waals surface area contributed by atoms with Gasteiger partial charge in [0.25, 0.3) is 0 Å². The fraction of sp³-hybridized carbons (Fsp3) is 0.250. The minimum Gasteiger partial charge on any atom is -0.449 e. The zero-order valence-corrected chi connectivity index (χ0v) is 11.4. The Morgan fingerprint density at radius 2 is 2.07 bits per heavy atom. The van der Waals surface area contributed by atoms with E-state index in [9.17, 15) is 12.9 Å². The van der Waals surface area contributed by atoms with Crippen LogP contribution in [0.2, 0.25) is 0 Å². The smallest absolute Gasteiger partial charge is 0.449 e. The van der Waals surface area contributed by atoms with Crippen molar-refractivity contribution < 1.29 is 64.3 Å². The van der Waals surface area contributed by atoms with Crippen LogP contribution in [0.15, 0.2) is 18.3 Å². The predicted molar refractivity (Wildman–Crippen MR) is 46.3 cm³/mol. The number of hydrogen-bond acceptors (Lipinski definition) is 2. The summed E-state index contributed by atoms with van der Waals surface area (Å²) in [6, 6.07) is 4.73. The maximum atomic E-state index is 12.0. The summed E-state index contributed by atoms with van der Waals surface area (Å²) in [4.78, 5) is 3.59. The van der Waals surface area contributed by atoms with Crippen molar-refractivity contribution >= 4 is 6.98 Å². The van der Waals surface area contributed by atoms with Crippen LogP contribution in [0.3, 0.4) is 0 Å². The summed E-state index contributed by atoms with van der Waals surface area (Å²) in [5.41, 5.74) is 0.544. The molecule has 2 nitrogen and oxygen atoms in total. The van der Waals surface area contributed by atoms with Crippen LogP contribution in [-0.2, 0) is 12.7 Å². The van der Waals surface area contributed by atoms with Gasteiger partial charge in [0.05, 0.1) is 12.5 Å². The Labute approximate surface area is 128 Å². The average Bonchev–Trinajstić information content (AvgIpc) is 2.02. The number of hydrogen-bond donors (Lipinski definition) is 0. The van der Waals surface area contributed by atoms with Gasteiger partial charge in [-0.15, -0.1) is 0 Å². The molecule has 0 bridgehead atoms. The first-order valence-electron chi connectivity index (χ1n) is 4.03. The fourth-order valence-corrected chi connectivity index (χ4v) is 1.08. The Bertz CT molecular complexity index is 362. The third kappa shape index (κ3) is 6.33. The van der Waals surface area contributed by atoms with Crippen molar-refractivity contribution in [3.8, 4) is 6.07 Å². The monoisotopic (exact) mass is 238 g/mol. The molecule has 0 saturated carbocycles. The molecule has 0 aliphatic carbocycles. The van der Waals surface area contributed by atoms with E-state index in [2.05, 4.69) is 4.98 Å². The second kappa shape index (κ2) is 6.66. The van der Waals surface area contributed by atoms with Gasteiger partial charge in [-0.1, -0.05) is 0 Å². The molecule has 0 saturated heterocycles. The molecule has 0 radical (unpaired) electrons. The van der Waals surface area contributed by atoms with Gasteiger partial charge >= 0.3 is 58.4 Å². The van der Waals surface area contributed by atoms with Gasteiger partial charge in [-0.05, 0) is 24.0 Å². The van der Waals surface area contributed by atoms with Crippen LogP contribution in [0.1, 0.15) is 11.3 Å². The third-order valence-corrected chi connectivity index (χ3v) is 1.60. The largest absolute Gasteiger partial charge is 1.00 e. The van der Waals surface area contributed by atoms with Crippen LogP contribution in [0.25, 0.3) is 0 Å². The molecule has 1 rings (SSSR count). The standard InChI is InChI=1S/C8H7BF3N2.K/c10-9(11,12)6-8-5-7(1-3-13)2-4-14-8;/h2,4-5H,1,6H2;/q-1;+1. The number of pyridine rings is 1. The molecule has 0 amide bonds. The second-order valence-electron chi connectivity index (χ2n) is 2.90. The number of halogens is 3.